The summed E-state index contributed by atoms with van der Waals surface area (Å²) < 4.78 is 9.50. The van der Waals surface area contributed by atoms with Crippen LogP contribution in [-0.4, -0.2) is 35.8 Å². The van der Waals surface area contributed by atoms with E-state index in [-0.39, 0.29) is 17.2 Å². The summed E-state index contributed by atoms with van der Waals surface area (Å²) in [6, 6.07) is 6.77. The molecule has 0 bridgehead atoms. The van der Waals surface area contributed by atoms with Gasteiger partial charge in [-0.2, -0.15) is 0 Å². The minimum atomic E-state index is -0.810. The van der Waals surface area contributed by atoms with E-state index in [9.17, 15) is 14.4 Å². The van der Waals surface area contributed by atoms with Gasteiger partial charge in [-0.15, -0.1) is 0 Å². The molecular formula is C19H22N2O5. The number of carbonyl (C=O) groups excluding carboxylic acids is 2. The number of hydrogen-bond acceptors (Lipinski definition) is 6. The highest BCUT2D eigenvalue weighted by Gasteiger charge is 2.36. The highest BCUT2D eigenvalue weighted by molar-refractivity contribution is 6.01. The molecule has 2 aromatic rings. The van der Waals surface area contributed by atoms with Gasteiger partial charge in [0.2, 0.25) is 5.89 Å². The Kier molecular flexibility index (Phi) is 5.35. The second-order valence-corrected chi connectivity index (χ2v) is 7.03. The van der Waals surface area contributed by atoms with Crippen LogP contribution in [0.4, 0.5) is 0 Å². The van der Waals surface area contributed by atoms with Crippen molar-refractivity contribution < 1.29 is 18.5 Å². The molecule has 1 saturated carbocycles. The number of aromatic nitrogens is 1. The van der Waals surface area contributed by atoms with Gasteiger partial charge in [0, 0.05) is 25.6 Å². The van der Waals surface area contributed by atoms with Crippen molar-refractivity contribution in [3.63, 3.8) is 0 Å². The van der Waals surface area contributed by atoms with Crippen LogP contribution in [0.3, 0.4) is 0 Å². The fraction of sp³-hybridized carbons (Fsp3) is 0.474. The average molecular weight is 358 g/mol. The van der Waals surface area contributed by atoms with Gasteiger partial charge in [0.05, 0.1) is 5.56 Å². The molecule has 1 aliphatic carbocycles. The topological polar surface area (TPSA) is 93.6 Å². The highest BCUT2D eigenvalue weighted by Crippen LogP contribution is 2.39. The second kappa shape index (κ2) is 7.68. The van der Waals surface area contributed by atoms with E-state index in [0.717, 1.165) is 32.1 Å². The Labute approximate surface area is 151 Å². The third kappa shape index (κ3) is 3.92. The number of carbonyl (C=O) groups is 2. The van der Waals surface area contributed by atoms with Gasteiger partial charge in [-0.1, -0.05) is 37.5 Å². The van der Waals surface area contributed by atoms with E-state index >= 15 is 0 Å². The summed E-state index contributed by atoms with van der Waals surface area (Å²) in [7, 11) is 1.74. The zero-order chi connectivity index (χ0) is 18.6. The first-order valence-electron chi connectivity index (χ1n) is 8.78. The van der Waals surface area contributed by atoms with Crippen molar-refractivity contribution in [2.75, 3.05) is 13.6 Å². The Morgan fingerprint density at radius 1 is 1.27 bits per heavy atom. The van der Waals surface area contributed by atoms with Crippen LogP contribution in [0.2, 0.25) is 0 Å². The zero-order valence-corrected chi connectivity index (χ0v) is 14.8. The summed E-state index contributed by atoms with van der Waals surface area (Å²) in [5.41, 5.74) is 0.555. The van der Waals surface area contributed by atoms with Crippen molar-refractivity contribution in [1.82, 2.24) is 10.1 Å². The summed E-state index contributed by atoms with van der Waals surface area (Å²) >= 11 is 0. The largest absolute Gasteiger partial charge is 0.542 e. The van der Waals surface area contributed by atoms with Crippen LogP contribution in [-0.2, 0) is 6.42 Å². The van der Waals surface area contributed by atoms with Gasteiger partial charge in [-0.3, -0.25) is 14.1 Å². The van der Waals surface area contributed by atoms with Crippen LogP contribution >= 0.6 is 0 Å². The van der Waals surface area contributed by atoms with Crippen molar-refractivity contribution in [3.8, 4) is 0 Å². The Morgan fingerprint density at radius 3 is 2.65 bits per heavy atom. The lowest BCUT2D eigenvalue weighted by molar-refractivity contribution is 0.0631. The summed E-state index contributed by atoms with van der Waals surface area (Å²) in [6.45, 7) is 0.496. The maximum Gasteiger partial charge on any atom is 0.542 e. The fourth-order valence-corrected chi connectivity index (χ4v) is 3.88. The predicted octanol–water partition coefficient (Wildman–Crippen LogP) is 2.71. The van der Waals surface area contributed by atoms with Crippen LogP contribution < -0.4 is 5.82 Å². The quantitative estimate of drug-likeness (QED) is 0.737. The molecule has 0 saturated heterocycles. The van der Waals surface area contributed by atoms with Gasteiger partial charge in [-0.05, 0) is 29.5 Å². The van der Waals surface area contributed by atoms with Crippen molar-refractivity contribution >= 4 is 12.2 Å². The van der Waals surface area contributed by atoms with E-state index in [1.807, 2.05) is 0 Å². The summed E-state index contributed by atoms with van der Waals surface area (Å²) in [4.78, 5) is 36.8. The third-order valence-electron chi connectivity index (χ3n) is 5.10. The number of hydrogen-bond donors (Lipinski definition) is 0. The molecule has 0 spiro atoms. The molecule has 1 amide bonds. The van der Waals surface area contributed by atoms with Crippen LogP contribution in [0.15, 0.2) is 38.0 Å². The standard InChI is InChI=1S/C19H22N2O5/c1-21(17(23)15-8-4-3-7-14(15)12-22)13-19(9-5-2-6-10-19)11-16-20-26-18(24)25-16/h3-4,7-8,12H,2,5-6,9-11,13H2,1H3. The van der Waals surface area contributed by atoms with E-state index in [2.05, 4.69) is 9.68 Å². The molecule has 1 aliphatic rings. The molecule has 1 aromatic heterocycles. The van der Waals surface area contributed by atoms with E-state index < -0.39 is 5.82 Å². The number of rotatable bonds is 6. The van der Waals surface area contributed by atoms with Crippen LogP contribution in [0.25, 0.3) is 0 Å². The molecule has 1 aromatic carbocycles. The highest BCUT2D eigenvalue weighted by atomic mass is 16.6. The molecule has 7 heteroatoms. The van der Waals surface area contributed by atoms with E-state index in [1.165, 1.54) is 0 Å². The Balaban J connectivity index is 1.80. The average Bonchev–Trinajstić information content (AvgIpc) is 3.06. The van der Waals surface area contributed by atoms with Crippen LogP contribution in [0, 0.1) is 5.41 Å². The molecule has 1 heterocycles. The molecule has 0 radical (unpaired) electrons. The minimum Gasteiger partial charge on any atom is -0.375 e. The smallest absolute Gasteiger partial charge is 0.375 e. The van der Waals surface area contributed by atoms with Crippen molar-refractivity contribution in [2.45, 2.75) is 38.5 Å². The van der Waals surface area contributed by atoms with Crippen LogP contribution in [0.1, 0.15) is 58.7 Å². The zero-order valence-electron chi connectivity index (χ0n) is 14.8. The van der Waals surface area contributed by atoms with E-state index in [4.69, 9.17) is 4.42 Å². The maximum absolute atomic E-state index is 12.9. The minimum absolute atomic E-state index is 0.195. The summed E-state index contributed by atoms with van der Waals surface area (Å²) in [5.74, 6) is -0.736. The molecule has 0 N–H and O–H groups in total. The van der Waals surface area contributed by atoms with Crippen molar-refractivity contribution in [3.05, 3.63) is 51.9 Å². The lowest BCUT2D eigenvalue weighted by Gasteiger charge is -2.39. The first-order valence-corrected chi connectivity index (χ1v) is 8.78. The van der Waals surface area contributed by atoms with E-state index in [1.54, 1.807) is 36.2 Å². The molecule has 7 nitrogen and oxygen atoms in total. The maximum atomic E-state index is 12.9. The first-order chi connectivity index (χ1) is 12.5. The molecule has 0 atom stereocenters. The number of amides is 1. The Bertz CT molecular complexity index is 832. The van der Waals surface area contributed by atoms with Crippen molar-refractivity contribution in [1.29, 1.82) is 0 Å². The van der Waals surface area contributed by atoms with Crippen molar-refractivity contribution in [2.24, 2.45) is 5.41 Å². The van der Waals surface area contributed by atoms with Gasteiger partial charge in [0.25, 0.3) is 5.91 Å². The number of benzene rings is 1. The SMILES string of the molecule is CN(CC1(Cc2noc(=O)o2)CCCCC1)C(=O)c1ccccc1C=O. The Hall–Kier alpha value is -2.70. The molecule has 3 rings (SSSR count). The number of nitrogens with zero attached hydrogens (tertiary/aromatic N) is 2. The van der Waals surface area contributed by atoms with Gasteiger partial charge >= 0.3 is 5.82 Å². The van der Waals surface area contributed by atoms with E-state index in [0.29, 0.717) is 30.4 Å². The normalized spacial score (nSPS) is 16.2. The Morgan fingerprint density at radius 2 is 2.00 bits per heavy atom. The fourth-order valence-electron chi connectivity index (χ4n) is 3.88. The first kappa shape index (κ1) is 18.1. The van der Waals surface area contributed by atoms with Gasteiger partial charge in [0.15, 0.2) is 6.29 Å². The third-order valence-corrected chi connectivity index (χ3v) is 5.10. The lowest BCUT2D eigenvalue weighted by Crippen LogP contribution is -2.42. The molecule has 138 valence electrons. The molecule has 0 unspecified atom stereocenters. The molecule has 1 fully saturated rings. The molecular weight excluding hydrogens is 336 g/mol. The summed E-state index contributed by atoms with van der Waals surface area (Å²) in [5, 5.41) is 3.69. The van der Waals surface area contributed by atoms with Gasteiger partial charge in [0.1, 0.15) is 0 Å². The van der Waals surface area contributed by atoms with Crippen LogP contribution in [0.5, 0.6) is 0 Å². The number of aldehydes is 1. The predicted molar refractivity (Wildman–Crippen MR) is 93.1 cm³/mol. The van der Waals surface area contributed by atoms with Gasteiger partial charge < -0.3 is 9.32 Å². The molecule has 26 heavy (non-hydrogen) atoms. The summed E-state index contributed by atoms with van der Waals surface area (Å²) in [6.07, 6.45) is 6.22. The lowest BCUT2D eigenvalue weighted by atomic mass is 9.71. The second-order valence-electron chi connectivity index (χ2n) is 7.03. The monoisotopic (exact) mass is 358 g/mol. The van der Waals surface area contributed by atoms with Gasteiger partial charge in [-0.25, -0.2) is 4.79 Å². The molecule has 0 aliphatic heterocycles.